The van der Waals surface area contributed by atoms with Crippen LogP contribution in [0.2, 0.25) is 0 Å². The van der Waals surface area contributed by atoms with E-state index < -0.39 is 0 Å². The van der Waals surface area contributed by atoms with Gasteiger partial charge in [-0.1, -0.05) is 18.7 Å². The van der Waals surface area contributed by atoms with Crippen molar-refractivity contribution in [2.75, 3.05) is 5.75 Å². The molecule has 3 aromatic rings. The first-order valence-corrected chi connectivity index (χ1v) is 10.2. The third kappa shape index (κ3) is 3.66. The van der Waals surface area contributed by atoms with Crippen LogP contribution in [0.25, 0.3) is 10.2 Å². The lowest BCUT2D eigenvalue weighted by Crippen LogP contribution is -2.19. The lowest BCUT2D eigenvalue weighted by Gasteiger charge is -2.18. The maximum absolute atomic E-state index is 12.0. The Morgan fingerprint density at radius 1 is 1.54 bits per heavy atom. The number of aromatic nitrogens is 2. The molecule has 26 heavy (non-hydrogen) atoms. The Bertz CT molecular complexity index is 950. The lowest BCUT2D eigenvalue weighted by molar-refractivity contribution is -0.118. The normalized spacial score (nSPS) is 16.9. The van der Waals surface area contributed by atoms with Gasteiger partial charge in [0, 0.05) is 10.3 Å². The number of amides is 1. The largest absolute Gasteiger partial charge is 0.463 e. The molecule has 0 saturated carbocycles. The van der Waals surface area contributed by atoms with E-state index in [0.717, 1.165) is 34.0 Å². The van der Waals surface area contributed by atoms with Gasteiger partial charge < -0.3 is 4.42 Å². The summed E-state index contributed by atoms with van der Waals surface area (Å²) in [6.07, 6.45) is 7.99. The lowest BCUT2D eigenvalue weighted by atomic mass is 9.89. The van der Waals surface area contributed by atoms with Crippen molar-refractivity contribution >= 4 is 45.4 Å². The van der Waals surface area contributed by atoms with Crippen LogP contribution in [0.15, 0.2) is 39.3 Å². The second-order valence-electron chi connectivity index (χ2n) is 6.31. The summed E-state index contributed by atoms with van der Waals surface area (Å²) in [5, 5.41) is 5.91. The molecule has 0 radical (unpaired) electrons. The quantitative estimate of drug-likeness (QED) is 0.313. The first kappa shape index (κ1) is 17.2. The molecule has 0 bridgehead atoms. The van der Waals surface area contributed by atoms with Crippen molar-refractivity contribution in [3.8, 4) is 0 Å². The fraction of sp³-hybridized carbons (Fsp3) is 0.333. The smallest absolute Gasteiger partial charge is 0.250 e. The average Bonchev–Trinajstić information content (AvgIpc) is 3.26. The SMILES string of the molecule is CC1CCc2c(sc3ncnc(SCC(=O)N/N=C/c4ccco4)c23)C1. The molecule has 0 aromatic carbocycles. The van der Waals surface area contributed by atoms with Crippen molar-refractivity contribution in [3.05, 3.63) is 40.9 Å². The summed E-state index contributed by atoms with van der Waals surface area (Å²) in [4.78, 5) is 23.3. The van der Waals surface area contributed by atoms with Crippen LogP contribution < -0.4 is 5.43 Å². The van der Waals surface area contributed by atoms with Crippen molar-refractivity contribution in [2.45, 2.75) is 31.2 Å². The predicted molar refractivity (Wildman–Crippen MR) is 104 cm³/mol. The number of nitrogens with zero attached hydrogens (tertiary/aromatic N) is 3. The van der Waals surface area contributed by atoms with Gasteiger partial charge in [-0.15, -0.1) is 11.3 Å². The van der Waals surface area contributed by atoms with E-state index in [0.29, 0.717) is 5.76 Å². The van der Waals surface area contributed by atoms with Gasteiger partial charge in [-0.2, -0.15) is 5.10 Å². The molecule has 0 spiro atoms. The van der Waals surface area contributed by atoms with E-state index in [-0.39, 0.29) is 11.7 Å². The zero-order chi connectivity index (χ0) is 17.9. The highest BCUT2D eigenvalue weighted by molar-refractivity contribution is 8.00. The summed E-state index contributed by atoms with van der Waals surface area (Å²) in [6.45, 7) is 2.29. The third-order valence-corrected chi connectivity index (χ3v) is 6.47. The standard InChI is InChI=1S/C18H18N4O2S2/c1-11-4-5-13-14(7-11)26-18-16(13)17(19-10-20-18)25-9-15(23)22-21-8-12-3-2-6-24-12/h2-3,6,8,10-11H,4-5,7,9H2,1H3,(H,22,23)/b21-8+. The molecule has 1 unspecified atom stereocenters. The molecule has 6 nitrogen and oxygen atoms in total. The first-order chi connectivity index (χ1) is 12.7. The second kappa shape index (κ2) is 7.59. The third-order valence-electron chi connectivity index (χ3n) is 4.32. The Morgan fingerprint density at radius 2 is 2.46 bits per heavy atom. The number of hydrogen-bond acceptors (Lipinski definition) is 7. The molecule has 1 N–H and O–H groups in total. The van der Waals surface area contributed by atoms with Gasteiger partial charge in [0.05, 0.1) is 18.2 Å². The van der Waals surface area contributed by atoms with Gasteiger partial charge in [0.2, 0.25) is 5.91 Å². The minimum Gasteiger partial charge on any atom is -0.463 e. The summed E-state index contributed by atoms with van der Waals surface area (Å²) >= 11 is 3.20. The number of thiophene rings is 1. The van der Waals surface area contributed by atoms with E-state index in [1.807, 2.05) is 0 Å². The Labute approximate surface area is 159 Å². The number of thioether (sulfide) groups is 1. The van der Waals surface area contributed by atoms with Gasteiger partial charge in [0.1, 0.15) is 21.9 Å². The summed E-state index contributed by atoms with van der Waals surface area (Å²) in [6, 6.07) is 3.53. The predicted octanol–water partition coefficient (Wildman–Crippen LogP) is 3.65. The van der Waals surface area contributed by atoms with Crippen molar-refractivity contribution in [2.24, 2.45) is 11.0 Å². The highest BCUT2D eigenvalue weighted by Crippen LogP contribution is 2.40. The van der Waals surface area contributed by atoms with Gasteiger partial charge in [-0.3, -0.25) is 4.79 Å². The molecule has 0 saturated heterocycles. The Morgan fingerprint density at radius 3 is 3.31 bits per heavy atom. The molecule has 1 amide bonds. The van der Waals surface area contributed by atoms with Crippen LogP contribution in [0.4, 0.5) is 0 Å². The highest BCUT2D eigenvalue weighted by Gasteiger charge is 2.23. The molecule has 0 fully saturated rings. The van der Waals surface area contributed by atoms with E-state index in [9.17, 15) is 4.79 Å². The maximum Gasteiger partial charge on any atom is 0.250 e. The molecule has 8 heteroatoms. The molecule has 1 aliphatic rings. The first-order valence-electron chi connectivity index (χ1n) is 8.44. The van der Waals surface area contributed by atoms with Crippen LogP contribution in [-0.4, -0.2) is 27.8 Å². The van der Waals surface area contributed by atoms with E-state index in [1.165, 1.54) is 34.8 Å². The van der Waals surface area contributed by atoms with Crippen LogP contribution in [0, 0.1) is 5.92 Å². The summed E-state index contributed by atoms with van der Waals surface area (Å²) in [7, 11) is 0. The maximum atomic E-state index is 12.0. The number of hydrazone groups is 1. The summed E-state index contributed by atoms with van der Waals surface area (Å²) in [5.74, 6) is 1.39. The van der Waals surface area contributed by atoms with Crippen molar-refractivity contribution in [1.29, 1.82) is 0 Å². The second-order valence-corrected chi connectivity index (χ2v) is 8.36. The summed E-state index contributed by atoms with van der Waals surface area (Å²) in [5.41, 5.74) is 3.89. The fourth-order valence-electron chi connectivity index (χ4n) is 3.05. The number of aryl methyl sites for hydroxylation is 1. The number of carbonyl (C=O) groups is 1. The van der Waals surface area contributed by atoms with Crippen LogP contribution in [0.3, 0.4) is 0 Å². The molecule has 1 atom stereocenters. The van der Waals surface area contributed by atoms with Gasteiger partial charge in [0.15, 0.2) is 0 Å². The Kier molecular flexibility index (Phi) is 5.03. The molecular weight excluding hydrogens is 368 g/mol. The monoisotopic (exact) mass is 386 g/mol. The highest BCUT2D eigenvalue weighted by atomic mass is 32.2. The van der Waals surface area contributed by atoms with Crippen LogP contribution in [0.1, 0.15) is 29.5 Å². The average molecular weight is 387 g/mol. The molecule has 134 valence electrons. The number of fused-ring (bicyclic) bond motifs is 3. The molecule has 4 rings (SSSR count). The molecule has 3 heterocycles. The van der Waals surface area contributed by atoms with Crippen LogP contribution in [-0.2, 0) is 17.6 Å². The number of carbonyl (C=O) groups excluding carboxylic acids is 1. The van der Waals surface area contributed by atoms with E-state index in [1.54, 1.807) is 36.1 Å². The van der Waals surface area contributed by atoms with E-state index >= 15 is 0 Å². The van der Waals surface area contributed by atoms with Crippen LogP contribution in [0.5, 0.6) is 0 Å². The minimum absolute atomic E-state index is 0.178. The zero-order valence-corrected chi connectivity index (χ0v) is 15.9. The molecule has 3 aromatic heterocycles. The van der Waals surface area contributed by atoms with E-state index in [4.69, 9.17) is 4.42 Å². The topological polar surface area (TPSA) is 80.4 Å². The number of furan rings is 1. The van der Waals surface area contributed by atoms with Gasteiger partial charge in [-0.25, -0.2) is 15.4 Å². The zero-order valence-electron chi connectivity index (χ0n) is 14.3. The van der Waals surface area contributed by atoms with Crippen molar-refractivity contribution < 1.29 is 9.21 Å². The number of hydrogen-bond donors (Lipinski definition) is 1. The molecule has 1 aliphatic carbocycles. The van der Waals surface area contributed by atoms with Gasteiger partial charge in [0.25, 0.3) is 0 Å². The van der Waals surface area contributed by atoms with E-state index in [2.05, 4.69) is 27.4 Å². The molecule has 0 aliphatic heterocycles. The van der Waals surface area contributed by atoms with Crippen molar-refractivity contribution in [1.82, 2.24) is 15.4 Å². The van der Waals surface area contributed by atoms with Crippen LogP contribution >= 0.6 is 23.1 Å². The van der Waals surface area contributed by atoms with Gasteiger partial charge in [-0.05, 0) is 42.9 Å². The number of nitrogens with one attached hydrogen (secondary N) is 1. The van der Waals surface area contributed by atoms with Gasteiger partial charge >= 0.3 is 0 Å². The number of rotatable bonds is 5. The Hall–Kier alpha value is -2.19. The van der Waals surface area contributed by atoms with Crippen molar-refractivity contribution in [3.63, 3.8) is 0 Å². The summed E-state index contributed by atoms with van der Waals surface area (Å²) < 4.78 is 5.12. The minimum atomic E-state index is -0.178. The Balaban J connectivity index is 1.45. The fourth-order valence-corrected chi connectivity index (χ4v) is 5.29. The molecular formula is C18H18N4O2S2.